The molecule has 118 valence electrons. The lowest BCUT2D eigenvalue weighted by atomic mass is 10.1. The number of anilines is 2. The molecule has 0 unspecified atom stereocenters. The molecule has 1 aliphatic rings. The van der Waals surface area contributed by atoms with Crippen molar-refractivity contribution in [3.8, 4) is 5.75 Å². The molecule has 1 aliphatic carbocycles. The summed E-state index contributed by atoms with van der Waals surface area (Å²) in [6.07, 6.45) is 5.23. The van der Waals surface area contributed by atoms with Gasteiger partial charge in [0.2, 0.25) is 0 Å². The van der Waals surface area contributed by atoms with Gasteiger partial charge in [-0.1, -0.05) is 12.8 Å². The summed E-state index contributed by atoms with van der Waals surface area (Å²) in [6.45, 7) is 0.992. The number of carbonyl (C=O) groups excluding carboxylic acids is 1. The Kier molecular flexibility index (Phi) is 4.98. The minimum atomic E-state index is -0.0729. The van der Waals surface area contributed by atoms with Crippen LogP contribution in [0.5, 0.6) is 5.75 Å². The van der Waals surface area contributed by atoms with Gasteiger partial charge in [-0.25, -0.2) is 0 Å². The van der Waals surface area contributed by atoms with Crippen LogP contribution in [0.4, 0.5) is 10.7 Å². The van der Waals surface area contributed by atoms with Crippen LogP contribution in [0.2, 0.25) is 0 Å². The second-order valence-corrected chi connectivity index (χ2v) is 6.91. The van der Waals surface area contributed by atoms with Gasteiger partial charge in [0.25, 0.3) is 5.91 Å². The number of nitrogens with zero attached hydrogens (tertiary/aromatic N) is 2. The molecule has 5 nitrogen and oxygen atoms in total. The molecule has 2 rings (SSSR count). The summed E-state index contributed by atoms with van der Waals surface area (Å²) < 4.78 is 5.45. The molecule has 21 heavy (non-hydrogen) atoms. The molecule has 0 radical (unpaired) electrons. The van der Waals surface area contributed by atoms with Gasteiger partial charge in [0, 0.05) is 27.7 Å². The molecule has 1 aromatic heterocycles. The summed E-state index contributed by atoms with van der Waals surface area (Å²) in [5, 5.41) is 0.951. The van der Waals surface area contributed by atoms with Gasteiger partial charge < -0.3 is 20.3 Å². The number of methoxy groups -OCH3 is 1. The second-order valence-electron chi connectivity index (χ2n) is 5.91. The number of thiophene rings is 1. The predicted octanol–water partition coefficient (Wildman–Crippen LogP) is 2.67. The lowest BCUT2D eigenvalue weighted by Gasteiger charge is -2.22. The third kappa shape index (κ3) is 3.26. The topological polar surface area (TPSA) is 58.8 Å². The smallest absolute Gasteiger partial charge is 0.265 e. The summed E-state index contributed by atoms with van der Waals surface area (Å²) in [5.74, 6) is 1.29. The first-order valence-electron chi connectivity index (χ1n) is 7.34. The van der Waals surface area contributed by atoms with E-state index in [2.05, 4.69) is 11.9 Å². The average molecular weight is 311 g/mol. The number of hydrogen-bond donors (Lipinski definition) is 1. The molecule has 0 bridgehead atoms. The van der Waals surface area contributed by atoms with E-state index in [-0.39, 0.29) is 5.91 Å². The van der Waals surface area contributed by atoms with Gasteiger partial charge >= 0.3 is 0 Å². The number of nitrogen functional groups attached to an aromatic ring is 1. The highest BCUT2D eigenvalue weighted by Gasteiger charge is 2.26. The van der Waals surface area contributed by atoms with Crippen LogP contribution < -0.4 is 15.4 Å². The first kappa shape index (κ1) is 15.9. The van der Waals surface area contributed by atoms with Gasteiger partial charge in [-0.2, -0.15) is 0 Å². The van der Waals surface area contributed by atoms with E-state index in [9.17, 15) is 4.79 Å². The van der Waals surface area contributed by atoms with Gasteiger partial charge in [-0.05, 0) is 18.8 Å². The minimum absolute atomic E-state index is 0.0729. The van der Waals surface area contributed by atoms with E-state index in [1.54, 1.807) is 26.1 Å². The molecule has 0 atom stereocenters. The second kappa shape index (κ2) is 6.56. The quantitative estimate of drug-likeness (QED) is 0.908. The zero-order valence-corrected chi connectivity index (χ0v) is 14.1. The van der Waals surface area contributed by atoms with Crippen LogP contribution in [0, 0.1) is 5.92 Å². The Morgan fingerprint density at radius 1 is 1.33 bits per heavy atom. The molecule has 6 heteroatoms. The van der Waals surface area contributed by atoms with Crippen molar-refractivity contribution in [3.63, 3.8) is 0 Å². The van der Waals surface area contributed by atoms with Gasteiger partial charge in [0.05, 0.1) is 7.11 Å². The van der Waals surface area contributed by atoms with Crippen LogP contribution >= 0.6 is 11.3 Å². The first-order valence-corrected chi connectivity index (χ1v) is 8.16. The number of hydrogen-bond acceptors (Lipinski definition) is 5. The van der Waals surface area contributed by atoms with E-state index in [1.165, 1.54) is 37.0 Å². The molecule has 0 saturated heterocycles. The molecule has 1 fully saturated rings. The molecule has 1 amide bonds. The van der Waals surface area contributed by atoms with Crippen LogP contribution in [0.3, 0.4) is 0 Å². The van der Waals surface area contributed by atoms with Gasteiger partial charge in [0.1, 0.15) is 15.6 Å². The Balaban J connectivity index is 2.25. The molecule has 1 saturated carbocycles. The Morgan fingerprint density at radius 3 is 2.48 bits per heavy atom. The Morgan fingerprint density at radius 2 is 1.95 bits per heavy atom. The van der Waals surface area contributed by atoms with Crippen LogP contribution in [0.25, 0.3) is 0 Å². The van der Waals surface area contributed by atoms with Crippen LogP contribution in [0.1, 0.15) is 35.4 Å². The zero-order chi connectivity index (χ0) is 15.6. The van der Waals surface area contributed by atoms with Crippen LogP contribution in [-0.2, 0) is 0 Å². The van der Waals surface area contributed by atoms with Crippen LogP contribution in [0.15, 0.2) is 0 Å². The number of amides is 1. The van der Waals surface area contributed by atoms with Crippen LogP contribution in [-0.4, -0.2) is 45.6 Å². The SMILES string of the molecule is COc1c(N(C)CC2CCCC2)sc(C(=O)N(C)C)c1N. The number of carbonyl (C=O) groups is 1. The Hall–Kier alpha value is -1.43. The highest BCUT2D eigenvalue weighted by molar-refractivity contribution is 7.19. The van der Waals surface area contributed by atoms with Crippen molar-refractivity contribution in [1.82, 2.24) is 4.90 Å². The van der Waals surface area contributed by atoms with Gasteiger partial charge in [-0.15, -0.1) is 11.3 Å². The standard InChI is InChI=1S/C15H25N3O2S/c1-17(2)14(19)13-11(16)12(20-4)15(21-13)18(3)9-10-7-5-6-8-10/h10H,5-9,16H2,1-4H3. The largest absolute Gasteiger partial charge is 0.492 e. The summed E-state index contributed by atoms with van der Waals surface area (Å²) in [5.41, 5.74) is 6.56. The third-order valence-corrected chi connectivity index (χ3v) is 5.33. The van der Waals surface area contributed by atoms with Crippen molar-refractivity contribution < 1.29 is 9.53 Å². The van der Waals surface area contributed by atoms with E-state index in [1.807, 2.05) is 0 Å². The lowest BCUT2D eigenvalue weighted by Crippen LogP contribution is -2.23. The van der Waals surface area contributed by atoms with E-state index < -0.39 is 0 Å². The van der Waals surface area contributed by atoms with Gasteiger partial charge in [-0.3, -0.25) is 4.79 Å². The maximum Gasteiger partial charge on any atom is 0.265 e. The molecular weight excluding hydrogens is 286 g/mol. The van der Waals surface area contributed by atoms with Crippen molar-refractivity contribution in [2.24, 2.45) is 5.92 Å². The van der Waals surface area contributed by atoms with E-state index >= 15 is 0 Å². The normalized spacial score (nSPS) is 15.2. The molecule has 1 aromatic rings. The molecule has 2 N–H and O–H groups in total. The van der Waals surface area contributed by atoms with E-state index in [0.29, 0.717) is 16.3 Å². The fraction of sp³-hybridized carbons (Fsp3) is 0.667. The van der Waals surface area contributed by atoms with Crippen molar-refractivity contribution in [2.45, 2.75) is 25.7 Å². The zero-order valence-electron chi connectivity index (χ0n) is 13.3. The van der Waals surface area contributed by atoms with Gasteiger partial charge in [0.15, 0.2) is 5.75 Å². The third-order valence-electron chi connectivity index (χ3n) is 4.04. The first-order chi connectivity index (χ1) is 9.95. The molecule has 0 spiro atoms. The summed E-state index contributed by atoms with van der Waals surface area (Å²) in [7, 11) is 7.12. The summed E-state index contributed by atoms with van der Waals surface area (Å²) in [4.78, 5) is 16.5. The highest BCUT2D eigenvalue weighted by atomic mass is 32.1. The highest BCUT2D eigenvalue weighted by Crippen LogP contribution is 2.45. The summed E-state index contributed by atoms with van der Waals surface area (Å²) >= 11 is 1.42. The van der Waals surface area contributed by atoms with Crippen molar-refractivity contribution in [3.05, 3.63) is 4.88 Å². The number of ether oxygens (including phenoxy) is 1. The van der Waals surface area contributed by atoms with E-state index in [0.717, 1.165) is 17.5 Å². The number of nitrogens with two attached hydrogens (primary N) is 1. The van der Waals surface area contributed by atoms with Crippen molar-refractivity contribution in [1.29, 1.82) is 0 Å². The Bertz CT molecular complexity index is 507. The van der Waals surface area contributed by atoms with Crippen molar-refractivity contribution >= 4 is 27.9 Å². The molecule has 0 aliphatic heterocycles. The lowest BCUT2D eigenvalue weighted by molar-refractivity contribution is 0.0833. The van der Waals surface area contributed by atoms with Crippen molar-refractivity contribution in [2.75, 3.05) is 45.4 Å². The monoisotopic (exact) mass is 311 g/mol. The fourth-order valence-corrected chi connectivity index (χ4v) is 4.07. The predicted molar refractivity (Wildman–Crippen MR) is 88.5 cm³/mol. The van der Waals surface area contributed by atoms with E-state index in [4.69, 9.17) is 10.5 Å². The Labute approximate surface area is 130 Å². The number of rotatable bonds is 5. The fourth-order valence-electron chi connectivity index (χ4n) is 2.89. The molecular formula is C15H25N3O2S. The maximum atomic E-state index is 12.2. The average Bonchev–Trinajstić information content (AvgIpc) is 3.05. The minimum Gasteiger partial charge on any atom is -0.492 e. The summed E-state index contributed by atoms with van der Waals surface area (Å²) in [6, 6.07) is 0. The molecule has 0 aromatic carbocycles. The molecule has 1 heterocycles. The maximum absolute atomic E-state index is 12.2.